The Morgan fingerprint density at radius 1 is 0.900 bits per heavy atom. The van der Waals surface area contributed by atoms with Crippen LogP contribution in [0.3, 0.4) is 0 Å². The van der Waals surface area contributed by atoms with Gasteiger partial charge in [0.25, 0.3) is 0 Å². The van der Waals surface area contributed by atoms with E-state index < -0.39 is 11.2 Å². The van der Waals surface area contributed by atoms with E-state index in [1.54, 1.807) is 0 Å². The van der Waals surface area contributed by atoms with Crippen LogP contribution in [0.5, 0.6) is 0 Å². The lowest BCUT2D eigenvalue weighted by atomic mass is 9.44. The van der Waals surface area contributed by atoms with E-state index in [-0.39, 0.29) is 0 Å². The number of hydrogen-bond acceptors (Lipinski definition) is 2. The number of rotatable bonds is 5. The van der Waals surface area contributed by atoms with Gasteiger partial charge in [-0.25, -0.2) is 0 Å². The summed E-state index contributed by atoms with van der Waals surface area (Å²) in [5, 5.41) is 21.4. The summed E-state index contributed by atoms with van der Waals surface area (Å²) < 4.78 is 0. The van der Waals surface area contributed by atoms with Gasteiger partial charge in [-0.15, -0.1) is 0 Å². The van der Waals surface area contributed by atoms with Gasteiger partial charge in [-0.2, -0.15) is 0 Å². The van der Waals surface area contributed by atoms with Crippen LogP contribution in [0.4, 0.5) is 0 Å². The molecule has 0 spiro atoms. The van der Waals surface area contributed by atoms with Crippen LogP contribution in [0, 0.1) is 46.3 Å². The molecule has 0 unspecified atom stereocenters. The minimum Gasteiger partial charge on any atom is -0.390 e. The number of fused-ring (bicyclic) bond motifs is 5. The third-order valence-electron chi connectivity index (χ3n) is 11.6. The molecule has 9 atom stereocenters. The minimum atomic E-state index is -0.508. The highest BCUT2D eigenvalue weighted by Crippen LogP contribution is 2.68. The lowest BCUT2D eigenvalue weighted by Crippen LogP contribution is -2.55. The SMILES string of the molecule is CC(C)[C@](C)(O)CCC[C@H]1CC[C@H]2[C@@H]3CC[C@H]4C[C@@](C)(O)CC[C@]4(C)[C@H]3CC[C@]12C. The van der Waals surface area contributed by atoms with Crippen molar-refractivity contribution in [1.82, 2.24) is 0 Å². The van der Waals surface area contributed by atoms with Gasteiger partial charge in [0.1, 0.15) is 0 Å². The largest absolute Gasteiger partial charge is 0.390 e. The highest BCUT2D eigenvalue weighted by atomic mass is 16.3. The van der Waals surface area contributed by atoms with E-state index in [4.69, 9.17) is 0 Å². The Bertz CT molecular complexity index is 622. The summed E-state index contributed by atoms with van der Waals surface area (Å²) in [4.78, 5) is 0. The van der Waals surface area contributed by atoms with Crippen molar-refractivity contribution in [3.63, 3.8) is 0 Å². The molecule has 0 aliphatic heterocycles. The van der Waals surface area contributed by atoms with Gasteiger partial charge in [0.15, 0.2) is 0 Å². The van der Waals surface area contributed by atoms with E-state index >= 15 is 0 Å². The first-order valence-electron chi connectivity index (χ1n) is 13.3. The molecule has 174 valence electrons. The quantitative estimate of drug-likeness (QED) is 0.506. The van der Waals surface area contributed by atoms with E-state index in [9.17, 15) is 10.2 Å². The first-order valence-corrected chi connectivity index (χ1v) is 13.3. The second kappa shape index (κ2) is 7.75. The second-order valence-electron chi connectivity index (χ2n) is 13.6. The molecule has 0 saturated heterocycles. The van der Waals surface area contributed by atoms with E-state index in [0.717, 1.165) is 48.9 Å². The Hall–Kier alpha value is -0.0800. The average molecular weight is 419 g/mol. The van der Waals surface area contributed by atoms with E-state index in [1.165, 1.54) is 57.8 Å². The molecule has 0 aromatic rings. The van der Waals surface area contributed by atoms with Gasteiger partial charge in [0, 0.05) is 0 Å². The van der Waals surface area contributed by atoms with Crippen molar-refractivity contribution in [1.29, 1.82) is 0 Å². The van der Waals surface area contributed by atoms with Crippen molar-refractivity contribution >= 4 is 0 Å². The van der Waals surface area contributed by atoms with Crippen LogP contribution >= 0.6 is 0 Å². The molecule has 2 nitrogen and oxygen atoms in total. The molecule has 0 aromatic carbocycles. The molecule has 2 heteroatoms. The van der Waals surface area contributed by atoms with Crippen molar-refractivity contribution in [3.05, 3.63) is 0 Å². The van der Waals surface area contributed by atoms with Gasteiger partial charge in [-0.1, -0.05) is 34.1 Å². The smallest absolute Gasteiger partial charge is 0.0642 e. The zero-order valence-electron chi connectivity index (χ0n) is 20.8. The highest BCUT2D eigenvalue weighted by molar-refractivity contribution is 5.10. The van der Waals surface area contributed by atoms with Gasteiger partial charge in [0.05, 0.1) is 11.2 Å². The fourth-order valence-electron chi connectivity index (χ4n) is 9.01. The Kier molecular flexibility index (Phi) is 5.97. The van der Waals surface area contributed by atoms with Crippen LogP contribution in [-0.4, -0.2) is 21.4 Å². The summed E-state index contributed by atoms with van der Waals surface area (Å²) in [6, 6.07) is 0. The van der Waals surface area contributed by atoms with Crippen LogP contribution in [0.15, 0.2) is 0 Å². The van der Waals surface area contributed by atoms with Crippen LogP contribution in [0.1, 0.15) is 119 Å². The molecule has 0 amide bonds. The molecule has 4 aliphatic rings. The monoisotopic (exact) mass is 418 g/mol. The van der Waals surface area contributed by atoms with Crippen molar-refractivity contribution in [2.75, 3.05) is 0 Å². The topological polar surface area (TPSA) is 40.5 Å². The van der Waals surface area contributed by atoms with E-state index in [1.807, 2.05) is 6.92 Å². The fraction of sp³-hybridized carbons (Fsp3) is 1.00. The predicted molar refractivity (Wildman–Crippen MR) is 125 cm³/mol. The molecule has 4 fully saturated rings. The van der Waals surface area contributed by atoms with Gasteiger partial charge >= 0.3 is 0 Å². The maximum absolute atomic E-state index is 10.7. The molecular formula is C28H50O2. The van der Waals surface area contributed by atoms with Crippen molar-refractivity contribution < 1.29 is 10.2 Å². The number of hydrogen-bond donors (Lipinski definition) is 2. The normalized spacial score (nSPS) is 50.5. The summed E-state index contributed by atoms with van der Waals surface area (Å²) in [5.41, 5.74) is 0.0797. The first kappa shape index (κ1) is 23.1. The van der Waals surface area contributed by atoms with E-state index in [2.05, 4.69) is 34.6 Å². The van der Waals surface area contributed by atoms with Crippen molar-refractivity contribution in [2.24, 2.45) is 46.3 Å². The Morgan fingerprint density at radius 3 is 2.30 bits per heavy atom. The summed E-state index contributed by atoms with van der Waals surface area (Å²) in [6.07, 6.45) is 15.2. The number of aliphatic hydroxyl groups is 2. The van der Waals surface area contributed by atoms with Crippen LogP contribution in [-0.2, 0) is 0 Å². The van der Waals surface area contributed by atoms with Crippen LogP contribution in [0.2, 0.25) is 0 Å². The van der Waals surface area contributed by atoms with Crippen molar-refractivity contribution in [3.8, 4) is 0 Å². The molecular weight excluding hydrogens is 368 g/mol. The fourth-order valence-corrected chi connectivity index (χ4v) is 9.01. The van der Waals surface area contributed by atoms with Crippen LogP contribution in [0.25, 0.3) is 0 Å². The van der Waals surface area contributed by atoms with Gasteiger partial charge in [-0.05, 0) is 131 Å². The standard InChI is InChI=1S/C28H50O2/c1-19(2)28(6,30)14-7-8-20-10-12-23-22-11-9-21-18-25(3,29)16-17-27(21,5)24(22)13-15-26(20,23)4/h19-24,29-30H,7-18H2,1-6H3/t20-,21-,22-,23-,24-,25-,26+,27-,28+/m0/s1. The Labute approximate surface area is 186 Å². The minimum absolute atomic E-state index is 0.340. The molecule has 0 radical (unpaired) electrons. The third kappa shape index (κ3) is 3.81. The molecule has 0 bridgehead atoms. The Morgan fingerprint density at radius 2 is 1.60 bits per heavy atom. The summed E-state index contributed by atoms with van der Waals surface area (Å²) in [5.74, 6) is 4.69. The van der Waals surface area contributed by atoms with Gasteiger partial charge in [0.2, 0.25) is 0 Å². The molecule has 4 aliphatic carbocycles. The maximum atomic E-state index is 10.7. The van der Waals surface area contributed by atoms with E-state index in [0.29, 0.717) is 16.7 Å². The summed E-state index contributed by atoms with van der Waals surface area (Å²) in [6.45, 7) is 13.7. The predicted octanol–water partition coefficient (Wildman–Crippen LogP) is 6.97. The van der Waals surface area contributed by atoms with Crippen molar-refractivity contribution in [2.45, 2.75) is 130 Å². The third-order valence-corrected chi connectivity index (χ3v) is 11.6. The zero-order chi connectivity index (χ0) is 21.9. The molecule has 4 rings (SSSR count). The summed E-state index contributed by atoms with van der Waals surface area (Å²) in [7, 11) is 0. The van der Waals surface area contributed by atoms with Crippen LogP contribution < -0.4 is 0 Å². The zero-order valence-corrected chi connectivity index (χ0v) is 20.8. The van der Waals surface area contributed by atoms with Gasteiger partial charge < -0.3 is 10.2 Å². The van der Waals surface area contributed by atoms with Gasteiger partial charge in [-0.3, -0.25) is 0 Å². The lowest BCUT2D eigenvalue weighted by molar-refractivity contribution is -0.146. The molecule has 0 heterocycles. The highest BCUT2D eigenvalue weighted by Gasteiger charge is 2.60. The maximum Gasteiger partial charge on any atom is 0.0642 e. The Balaban J connectivity index is 1.43. The second-order valence-corrected chi connectivity index (χ2v) is 13.6. The summed E-state index contributed by atoms with van der Waals surface area (Å²) >= 11 is 0. The average Bonchev–Trinajstić information content (AvgIpc) is 2.98. The molecule has 0 aromatic heterocycles. The molecule has 4 saturated carbocycles. The molecule has 2 N–H and O–H groups in total. The molecule has 30 heavy (non-hydrogen) atoms. The first-order chi connectivity index (χ1) is 13.9. The lowest BCUT2D eigenvalue weighted by Gasteiger charge is -2.62.